The fourth-order valence-corrected chi connectivity index (χ4v) is 2.63. The molecule has 10 heteroatoms. The van der Waals surface area contributed by atoms with Crippen molar-refractivity contribution in [2.45, 2.75) is 32.5 Å². The molecule has 0 spiro atoms. The van der Waals surface area contributed by atoms with Gasteiger partial charge in [0.05, 0.1) is 19.9 Å². The van der Waals surface area contributed by atoms with Gasteiger partial charge in [0.2, 0.25) is 0 Å². The van der Waals surface area contributed by atoms with Crippen molar-refractivity contribution in [1.82, 2.24) is 10.6 Å². The Morgan fingerprint density at radius 1 is 1.27 bits per heavy atom. The number of benzene rings is 1. The van der Waals surface area contributed by atoms with E-state index < -0.39 is 12.2 Å². The summed E-state index contributed by atoms with van der Waals surface area (Å²) < 4.78 is 39.9. The van der Waals surface area contributed by atoms with Crippen molar-refractivity contribution < 1.29 is 27.8 Å². The molecule has 0 aliphatic rings. The molecule has 2 aromatic rings. The highest BCUT2D eigenvalue weighted by molar-refractivity contribution is 14.0. The van der Waals surface area contributed by atoms with Gasteiger partial charge in [0, 0.05) is 13.1 Å². The van der Waals surface area contributed by atoms with Gasteiger partial charge >= 0.3 is 6.61 Å². The number of halogens is 3. The van der Waals surface area contributed by atoms with Gasteiger partial charge in [-0.15, -0.1) is 24.0 Å². The molecule has 30 heavy (non-hydrogen) atoms. The van der Waals surface area contributed by atoms with E-state index in [-0.39, 0.29) is 42.0 Å². The first-order chi connectivity index (χ1) is 13.9. The number of methoxy groups -OCH3 is 1. The van der Waals surface area contributed by atoms with Crippen LogP contribution in [0.25, 0.3) is 0 Å². The molecule has 0 aliphatic heterocycles. The predicted molar refractivity (Wildman–Crippen MR) is 121 cm³/mol. The van der Waals surface area contributed by atoms with Crippen LogP contribution in [0.5, 0.6) is 11.5 Å². The highest BCUT2D eigenvalue weighted by Crippen LogP contribution is 2.29. The molecular formula is C20H28F2IN3O4. The molecule has 1 aromatic carbocycles. The number of aliphatic imine (C=N–C) groups is 1. The first kappa shape index (κ1) is 26.0. The van der Waals surface area contributed by atoms with Gasteiger partial charge in [-0.3, -0.25) is 0 Å². The number of ether oxygens (including phenoxy) is 2. The standard InChI is InChI=1S/C20H27F2N3O4.HI/c1-4-23-19(25-13-20(2,26)17-6-5-11-28-17)24-10-9-14-7-8-15(27-3)16(12-14)29-18(21)22;/h5-8,11-12,18,26H,4,9-10,13H2,1-3H3,(H2,23,24,25);1H. The summed E-state index contributed by atoms with van der Waals surface area (Å²) in [5, 5.41) is 16.8. The third-order valence-corrected chi connectivity index (χ3v) is 4.09. The summed E-state index contributed by atoms with van der Waals surface area (Å²) in [6, 6.07) is 8.30. The van der Waals surface area contributed by atoms with E-state index in [0.29, 0.717) is 31.2 Å². The Morgan fingerprint density at radius 3 is 2.63 bits per heavy atom. The second-order valence-electron chi connectivity index (χ2n) is 6.49. The number of aliphatic hydroxyl groups is 1. The van der Waals surface area contributed by atoms with E-state index in [1.54, 1.807) is 31.2 Å². The van der Waals surface area contributed by atoms with Crippen molar-refractivity contribution in [3.63, 3.8) is 0 Å². The Kier molecular flexibility index (Phi) is 10.9. The van der Waals surface area contributed by atoms with Gasteiger partial charge < -0.3 is 29.6 Å². The molecule has 0 amide bonds. The average Bonchev–Trinajstić information content (AvgIpc) is 3.22. The molecule has 1 heterocycles. The van der Waals surface area contributed by atoms with E-state index in [0.717, 1.165) is 5.56 Å². The van der Waals surface area contributed by atoms with E-state index >= 15 is 0 Å². The number of rotatable bonds is 10. The number of nitrogens with zero attached hydrogens (tertiary/aromatic N) is 1. The fraction of sp³-hybridized carbons (Fsp3) is 0.450. The Balaban J connectivity index is 0.00000450. The third kappa shape index (κ3) is 7.98. The molecular weight excluding hydrogens is 511 g/mol. The zero-order valence-electron chi connectivity index (χ0n) is 17.2. The lowest BCUT2D eigenvalue weighted by Gasteiger charge is -2.19. The maximum Gasteiger partial charge on any atom is 0.387 e. The minimum absolute atomic E-state index is 0. The van der Waals surface area contributed by atoms with Gasteiger partial charge in [0.1, 0.15) is 11.4 Å². The molecule has 0 saturated carbocycles. The molecule has 0 radical (unpaired) electrons. The van der Waals surface area contributed by atoms with Crippen molar-refractivity contribution in [1.29, 1.82) is 0 Å². The Labute approximate surface area is 191 Å². The number of hydrogen-bond acceptors (Lipinski definition) is 5. The second kappa shape index (κ2) is 12.6. The molecule has 3 N–H and O–H groups in total. The average molecular weight is 539 g/mol. The van der Waals surface area contributed by atoms with Crippen LogP contribution in [0, 0.1) is 0 Å². The molecule has 0 bridgehead atoms. The van der Waals surface area contributed by atoms with Crippen LogP contribution in [0.4, 0.5) is 8.78 Å². The Morgan fingerprint density at radius 2 is 2.03 bits per heavy atom. The van der Waals surface area contributed by atoms with Crippen LogP contribution in [0.15, 0.2) is 46.0 Å². The number of guanidine groups is 1. The van der Waals surface area contributed by atoms with E-state index in [1.807, 2.05) is 6.92 Å². The van der Waals surface area contributed by atoms with E-state index in [1.165, 1.54) is 19.4 Å². The molecule has 1 atom stereocenters. The maximum absolute atomic E-state index is 12.6. The highest BCUT2D eigenvalue weighted by Gasteiger charge is 2.26. The summed E-state index contributed by atoms with van der Waals surface area (Å²) in [4.78, 5) is 4.40. The van der Waals surface area contributed by atoms with Crippen molar-refractivity contribution >= 4 is 29.9 Å². The SMILES string of the molecule is CCNC(=NCC(C)(O)c1ccco1)NCCc1ccc(OC)c(OC(F)F)c1.I. The molecule has 0 fully saturated rings. The highest BCUT2D eigenvalue weighted by atomic mass is 127. The van der Waals surface area contributed by atoms with E-state index in [4.69, 9.17) is 9.15 Å². The smallest absolute Gasteiger partial charge is 0.387 e. The molecule has 168 valence electrons. The fourth-order valence-electron chi connectivity index (χ4n) is 2.63. The summed E-state index contributed by atoms with van der Waals surface area (Å²) in [7, 11) is 1.39. The normalized spacial score (nSPS) is 13.4. The monoisotopic (exact) mass is 539 g/mol. The van der Waals surface area contributed by atoms with Crippen molar-refractivity contribution in [3.05, 3.63) is 47.9 Å². The van der Waals surface area contributed by atoms with Gasteiger partial charge in [-0.05, 0) is 50.1 Å². The van der Waals surface area contributed by atoms with Crippen LogP contribution < -0.4 is 20.1 Å². The summed E-state index contributed by atoms with van der Waals surface area (Å²) in [6.07, 6.45) is 2.04. The molecule has 0 aliphatic carbocycles. The lowest BCUT2D eigenvalue weighted by molar-refractivity contribution is -0.0512. The lowest BCUT2D eigenvalue weighted by atomic mass is 10.0. The first-order valence-corrected chi connectivity index (χ1v) is 9.26. The molecule has 1 aromatic heterocycles. The maximum atomic E-state index is 12.6. The van der Waals surface area contributed by atoms with Crippen LogP contribution in [0.1, 0.15) is 25.2 Å². The zero-order valence-corrected chi connectivity index (χ0v) is 19.5. The van der Waals surface area contributed by atoms with Crippen LogP contribution in [0.3, 0.4) is 0 Å². The zero-order chi connectivity index (χ0) is 21.3. The molecule has 2 rings (SSSR count). The van der Waals surface area contributed by atoms with Gasteiger partial charge in [-0.1, -0.05) is 6.07 Å². The quantitative estimate of drug-likeness (QED) is 0.244. The lowest BCUT2D eigenvalue weighted by Crippen LogP contribution is -2.39. The topological polar surface area (TPSA) is 88.3 Å². The van der Waals surface area contributed by atoms with Gasteiger partial charge in [0.15, 0.2) is 17.5 Å². The van der Waals surface area contributed by atoms with Gasteiger partial charge in [-0.25, -0.2) is 4.99 Å². The van der Waals surface area contributed by atoms with E-state index in [9.17, 15) is 13.9 Å². The van der Waals surface area contributed by atoms with Crippen molar-refractivity contribution in [2.24, 2.45) is 4.99 Å². The van der Waals surface area contributed by atoms with E-state index in [2.05, 4.69) is 20.4 Å². The number of alkyl halides is 2. The number of hydrogen-bond donors (Lipinski definition) is 3. The van der Waals surface area contributed by atoms with Crippen LogP contribution in [0.2, 0.25) is 0 Å². The molecule has 7 nitrogen and oxygen atoms in total. The summed E-state index contributed by atoms with van der Waals surface area (Å²) in [5.74, 6) is 1.20. The minimum Gasteiger partial charge on any atom is -0.493 e. The Hall–Kier alpha value is -2.08. The van der Waals surface area contributed by atoms with Crippen molar-refractivity contribution in [2.75, 3.05) is 26.7 Å². The summed E-state index contributed by atoms with van der Waals surface area (Å²) in [5.41, 5.74) is -0.434. The second-order valence-corrected chi connectivity index (χ2v) is 6.49. The predicted octanol–water partition coefficient (Wildman–Crippen LogP) is 3.51. The van der Waals surface area contributed by atoms with Gasteiger partial charge in [-0.2, -0.15) is 8.78 Å². The van der Waals surface area contributed by atoms with Crippen LogP contribution in [-0.4, -0.2) is 44.4 Å². The first-order valence-electron chi connectivity index (χ1n) is 9.26. The summed E-state index contributed by atoms with van der Waals surface area (Å²) >= 11 is 0. The number of nitrogens with one attached hydrogen (secondary N) is 2. The summed E-state index contributed by atoms with van der Waals surface area (Å²) in [6.45, 7) is 1.87. The van der Waals surface area contributed by atoms with Crippen LogP contribution >= 0.6 is 24.0 Å². The van der Waals surface area contributed by atoms with Gasteiger partial charge in [0.25, 0.3) is 0 Å². The van der Waals surface area contributed by atoms with Crippen LogP contribution in [-0.2, 0) is 12.0 Å². The molecule has 1 unspecified atom stereocenters. The number of furan rings is 1. The minimum atomic E-state index is -2.92. The van der Waals surface area contributed by atoms with Crippen molar-refractivity contribution in [3.8, 4) is 11.5 Å². The Bertz CT molecular complexity index is 786. The third-order valence-electron chi connectivity index (χ3n) is 4.09. The molecule has 0 saturated heterocycles. The largest absolute Gasteiger partial charge is 0.493 e.